The quantitative estimate of drug-likeness (QED) is 0.145. The van der Waals surface area contributed by atoms with Crippen LogP contribution in [0.1, 0.15) is 0 Å². The second kappa shape index (κ2) is 16.9. The van der Waals surface area contributed by atoms with Gasteiger partial charge in [0, 0.05) is 60.9 Å². The lowest BCUT2D eigenvalue weighted by atomic mass is 9.99. The van der Waals surface area contributed by atoms with E-state index in [-0.39, 0.29) is 0 Å². The van der Waals surface area contributed by atoms with Gasteiger partial charge in [0.05, 0.1) is 0 Å². The van der Waals surface area contributed by atoms with Gasteiger partial charge in [-0.05, 0) is 80.9 Å². The fraction of sp³-hybridized carbons (Fsp3) is 0. The van der Waals surface area contributed by atoms with Crippen molar-refractivity contribution in [3.63, 3.8) is 0 Å². The number of para-hydroxylation sites is 4. The molecule has 0 bridgehead atoms. The van der Waals surface area contributed by atoms with Crippen molar-refractivity contribution in [2.45, 2.75) is 0 Å². The molecule has 69 heavy (non-hydrogen) atoms. The highest BCUT2D eigenvalue weighted by Crippen LogP contribution is 2.44. The van der Waals surface area contributed by atoms with Crippen LogP contribution in [0.4, 0.5) is 17.1 Å². The summed E-state index contributed by atoms with van der Waals surface area (Å²) in [6.07, 6.45) is 0. The van der Waals surface area contributed by atoms with E-state index in [0.717, 1.165) is 111 Å². The van der Waals surface area contributed by atoms with Gasteiger partial charge in [-0.2, -0.15) is 0 Å². The average molecular weight is 882 g/mol. The Morgan fingerprint density at radius 2 is 0.420 bits per heavy atom. The Labute approximate surface area is 400 Å². The third-order valence-corrected chi connectivity index (χ3v) is 13.5. The van der Waals surface area contributed by atoms with Crippen LogP contribution in [0.3, 0.4) is 0 Å². The minimum Gasteiger partial charge on any atom is -0.455 e. The van der Waals surface area contributed by atoms with Crippen LogP contribution >= 0.6 is 0 Å². The first-order valence-corrected chi connectivity index (χ1v) is 23.5. The number of fused-ring (bicyclic) bond motifs is 6. The maximum atomic E-state index is 6.82. The Kier molecular flexibility index (Phi) is 9.84. The largest absolute Gasteiger partial charge is 0.455 e. The molecule has 2 aromatic heterocycles. The topological polar surface area (TPSA) is 29.5 Å². The zero-order valence-corrected chi connectivity index (χ0v) is 37.6. The SMILES string of the molecule is c1ccc(-c2ccc(-c3ccc(N(c4ccc(-c5cccc6c5oc5c(-c7ccccc7)cccc56)cc4)c4ccc(-c5cccc6c5oc5c(-c7ccccc7)cccc56)cc4)cc3)cc2)cc1. The van der Waals surface area contributed by atoms with E-state index in [9.17, 15) is 0 Å². The molecular weight excluding hydrogens is 839 g/mol. The fourth-order valence-corrected chi connectivity index (χ4v) is 10.1. The van der Waals surface area contributed by atoms with Crippen LogP contribution in [0, 0.1) is 0 Å². The molecule has 0 fully saturated rings. The number of benzene rings is 11. The van der Waals surface area contributed by atoms with Crippen LogP contribution in [0.2, 0.25) is 0 Å². The van der Waals surface area contributed by atoms with Crippen LogP contribution in [-0.4, -0.2) is 0 Å². The molecule has 13 rings (SSSR count). The summed E-state index contributed by atoms with van der Waals surface area (Å²) in [5.74, 6) is 0. The summed E-state index contributed by atoms with van der Waals surface area (Å²) in [6.45, 7) is 0. The molecule has 0 aliphatic heterocycles. The Morgan fingerprint density at radius 1 is 0.188 bits per heavy atom. The Hall–Kier alpha value is -9.18. The molecule has 3 heteroatoms. The van der Waals surface area contributed by atoms with E-state index < -0.39 is 0 Å². The van der Waals surface area contributed by atoms with Crippen LogP contribution in [0.15, 0.2) is 270 Å². The van der Waals surface area contributed by atoms with Crippen molar-refractivity contribution in [1.29, 1.82) is 0 Å². The van der Waals surface area contributed by atoms with Gasteiger partial charge >= 0.3 is 0 Å². The monoisotopic (exact) mass is 881 g/mol. The van der Waals surface area contributed by atoms with Crippen molar-refractivity contribution in [1.82, 2.24) is 0 Å². The van der Waals surface area contributed by atoms with E-state index in [1.54, 1.807) is 0 Å². The Morgan fingerprint density at radius 3 is 0.725 bits per heavy atom. The molecule has 0 spiro atoms. The number of nitrogens with zero attached hydrogens (tertiary/aromatic N) is 1. The predicted molar refractivity (Wildman–Crippen MR) is 288 cm³/mol. The summed E-state index contributed by atoms with van der Waals surface area (Å²) in [5, 5.41) is 4.44. The highest BCUT2D eigenvalue weighted by molar-refractivity contribution is 6.14. The van der Waals surface area contributed by atoms with E-state index in [1.807, 2.05) is 12.1 Å². The first kappa shape index (κ1) is 40.1. The molecule has 2 heterocycles. The summed E-state index contributed by atoms with van der Waals surface area (Å²) in [5.41, 5.74) is 20.2. The van der Waals surface area contributed by atoms with Crippen molar-refractivity contribution < 1.29 is 8.83 Å². The summed E-state index contributed by atoms with van der Waals surface area (Å²) in [7, 11) is 0. The number of anilines is 3. The summed E-state index contributed by atoms with van der Waals surface area (Å²) in [6, 6.07) is 92.7. The standard InChI is InChI=1S/C66H43NO2/c1-4-14-44(15-5-1)45-28-30-46(31-29-45)47-32-38-52(39-33-47)67(53-40-34-50(35-41-53)57-22-12-26-61-59-24-10-20-55(63(59)68-65(57)61)48-16-6-2-7-17-48)54-42-36-51(37-43-54)58-23-13-27-62-60-25-11-21-56(64(60)69-66(58)62)49-18-8-3-9-19-49/h1-43H. The predicted octanol–water partition coefficient (Wildman–Crippen LogP) is 19.0. The van der Waals surface area contributed by atoms with E-state index >= 15 is 0 Å². The zero-order chi connectivity index (χ0) is 45.7. The zero-order valence-electron chi connectivity index (χ0n) is 37.6. The van der Waals surface area contributed by atoms with Crippen LogP contribution in [0.5, 0.6) is 0 Å². The minimum atomic E-state index is 0.888. The van der Waals surface area contributed by atoms with Crippen LogP contribution in [0.25, 0.3) is 111 Å². The molecule has 0 atom stereocenters. The van der Waals surface area contributed by atoms with Gasteiger partial charge in [0.25, 0.3) is 0 Å². The molecule has 0 N–H and O–H groups in total. The first-order chi connectivity index (χ1) is 34.2. The second-order valence-electron chi connectivity index (χ2n) is 17.6. The molecule has 0 aliphatic carbocycles. The van der Waals surface area contributed by atoms with Gasteiger partial charge < -0.3 is 13.7 Å². The van der Waals surface area contributed by atoms with Gasteiger partial charge in [0.1, 0.15) is 22.3 Å². The van der Waals surface area contributed by atoms with Gasteiger partial charge in [-0.1, -0.05) is 224 Å². The lowest BCUT2D eigenvalue weighted by molar-refractivity contribution is 0.670. The third-order valence-electron chi connectivity index (χ3n) is 13.5. The van der Waals surface area contributed by atoms with E-state index in [1.165, 1.54) is 16.7 Å². The molecular formula is C66H43NO2. The highest BCUT2D eigenvalue weighted by atomic mass is 16.3. The van der Waals surface area contributed by atoms with Crippen LogP contribution in [-0.2, 0) is 0 Å². The lowest BCUT2D eigenvalue weighted by Gasteiger charge is -2.26. The van der Waals surface area contributed by atoms with E-state index in [2.05, 4.69) is 254 Å². The van der Waals surface area contributed by atoms with Crippen molar-refractivity contribution in [2.24, 2.45) is 0 Å². The number of furan rings is 2. The van der Waals surface area contributed by atoms with Gasteiger partial charge in [-0.3, -0.25) is 0 Å². The molecule has 3 nitrogen and oxygen atoms in total. The molecule has 324 valence electrons. The number of hydrogen-bond acceptors (Lipinski definition) is 3. The van der Waals surface area contributed by atoms with Gasteiger partial charge in [-0.15, -0.1) is 0 Å². The molecule has 0 aliphatic rings. The second-order valence-corrected chi connectivity index (χ2v) is 17.6. The lowest BCUT2D eigenvalue weighted by Crippen LogP contribution is -2.09. The smallest absolute Gasteiger partial charge is 0.143 e. The van der Waals surface area contributed by atoms with Crippen LogP contribution < -0.4 is 4.90 Å². The van der Waals surface area contributed by atoms with Crippen molar-refractivity contribution in [2.75, 3.05) is 4.90 Å². The fourth-order valence-electron chi connectivity index (χ4n) is 10.1. The van der Waals surface area contributed by atoms with Crippen molar-refractivity contribution >= 4 is 60.9 Å². The summed E-state index contributed by atoms with van der Waals surface area (Å²) in [4.78, 5) is 2.33. The molecule has 13 aromatic rings. The minimum absolute atomic E-state index is 0.888. The maximum Gasteiger partial charge on any atom is 0.143 e. The molecule has 0 saturated heterocycles. The molecule has 0 amide bonds. The van der Waals surface area contributed by atoms with E-state index in [0.29, 0.717) is 0 Å². The summed E-state index contributed by atoms with van der Waals surface area (Å²) >= 11 is 0. The average Bonchev–Trinajstić information content (AvgIpc) is 4.02. The summed E-state index contributed by atoms with van der Waals surface area (Å²) < 4.78 is 13.6. The van der Waals surface area contributed by atoms with Gasteiger partial charge in [-0.25, -0.2) is 0 Å². The van der Waals surface area contributed by atoms with Crippen molar-refractivity contribution in [3.05, 3.63) is 261 Å². The molecule has 0 radical (unpaired) electrons. The van der Waals surface area contributed by atoms with E-state index in [4.69, 9.17) is 8.83 Å². The number of rotatable bonds is 9. The van der Waals surface area contributed by atoms with Crippen molar-refractivity contribution in [3.8, 4) is 66.8 Å². The molecule has 0 unspecified atom stereocenters. The highest BCUT2D eigenvalue weighted by Gasteiger charge is 2.19. The maximum absolute atomic E-state index is 6.82. The molecule has 11 aromatic carbocycles. The van der Waals surface area contributed by atoms with Gasteiger partial charge in [0.2, 0.25) is 0 Å². The first-order valence-electron chi connectivity index (χ1n) is 23.5. The number of hydrogen-bond donors (Lipinski definition) is 0. The van der Waals surface area contributed by atoms with Gasteiger partial charge in [0.15, 0.2) is 0 Å². The third kappa shape index (κ3) is 7.16. The normalized spacial score (nSPS) is 11.5. The molecule has 0 saturated carbocycles. The Balaban J connectivity index is 0.881. The Bertz CT molecular complexity index is 3750.